The maximum absolute atomic E-state index is 13.9. The highest BCUT2D eigenvalue weighted by molar-refractivity contribution is 9.10. The predicted molar refractivity (Wildman–Crippen MR) is 173 cm³/mol. The Hall–Kier alpha value is -4.18. The lowest BCUT2D eigenvalue weighted by atomic mass is 9.95. The molecule has 0 saturated carbocycles. The van der Waals surface area contributed by atoms with Crippen molar-refractivity contribution in [3.8, 4) is 5.69 Å². The van der Waals surface area contributed by atoms with E-state index in [1.807, 2.05) is 0 Å². The van der Waals surface area contributed by atoms with E-state index in [0.717, 1.165) is 11.0 Å². The highest BCUT2D eigenvalue weighted by Crippen LogP contribution is 2.36. The van der Waals surface area contributed by atoms with Crippen LogP contribution in [0.15, 0.2) is 56.9 Å². The van der Waals surface area contributed by atoms with Crippen molar-refractivity contribution in [2.24, 2.45) is 5.92 Å². The molecule has 0 radical (unpaired) electrons. The highest BCUT2D eigenvalue weighted by atomic mass is 79.9. The van der Waals surface area contributed by atoms with Crippen molar-refractivity contribution in [2.75, 3.05) is 26.4 Å². The van der Waals surface area contributed by atoms with Crippen LogP contribution >= 0.6 is 27.7 Å². The molecule has 254 valence electrons. The number of alkyl halides is 3. The quantitative estimate of drug-likeness (QED) is 0.211. The van der Waals surface area contributed by atoms with Gasteiger partial charge in [-0.15, -0.1) is 0 Å². The van der Waals surface area contributed by atoms with E-state index in [2.05, 4.69) is 20.9 Å². The average Bonchev–Trinajstić information content (AvgIpc) is 3.06. The number of rotatable bonds is 5. The number of nitrogens with zero attached hydrogens (tertiary/aromatic N) is 5. The Labute approximate surface area is 285 Å². The van der Waals surface area contributed by atoms with Gasteiger partial charge in [0.2, 0.25) is 5.91 Å². The van der Waals surface area contributed by atoms with Gasteiger partial charge in [0.25, 0.3) is 17.4 Å². The number of carboxylic acid groups (broad SMARTS) is 1. The second-order valence-corrected chi connectivity index (χ2v) is 13.3. The van der Waals surface area contributed by atoms with Gasteiger partial charge in [-0.1, -0.05) is 27.7 Å². The zero-order valence-electron chi connectivity index (χ0n) is 26.1. The largest absolute Gasteiger partial charge is 0.465 e. The second-order valence-electron chi connectivity index (χ2n) is 11.6. The summed E-state index contributed by atoms with van der Waals surface area (Å²) in [5.41, 5.74) is -0.112. The van der Waals surface area contributed by atoms with Crippen molar-refractivity contribution in [3.05, 3.63) is 85.2 Å². The van der Waals surface area contributed by atoms with Crippen LogP contribution in [0.25, 0.3) is 5.69 Å². The van der Waals surface area contributed by atoms with Crippen LogP contribution in [0.1, 0.15) is 57.3 Å². The summed E-state index contributed by atoms with van der Waals surface area (Å²) in [6.45, 7) is 2.07. The number of carbonyl (C=O) groups excluding carboxylic acids is 3. The molecule has 0 bridgehead atoms. The number of hydrogen-bond donors (Lipinski definition) is 1. The number of thioether (sulfide) groups is 1. The number of amides is 4. The van der Waals surface area contributed by atoms with Crippen LogP contribution < -0.4 is 5.56 Å². The third kappa shape index (κ3) is 6.86. The summed E-state index contributed by atoms with van der Waals surface area (Å²) in [6.07, 6.45) is -3.21. The molecule has 48 heavy (non-hydrogen) atoms. The molecule has 4 amide bonds. The number of benzene rings is 2. The highest BCUT2D eigenvalue weighted by Gasteiger charge is 2.36. The molecule has 1 atom stereocenters. The Bertz CT molecular complexity index is 1840. The van der Waals surface area contributed by atoms with E-state index in [4.69, 9.17) is 5.11 Å². The van der Waals surface area contributed by atoms with Gasteiger partial charge in [-0.3, -0.25) is 28.6 Å². The van der Waals surface area contributed by atoms with Crippen molar-refractivity contribution in [3.63, 3.8) is 0 Å². The Morgan fingerprint density at radius 3 is 2.25 bits per heavy atom. The third-order valence-electron chi connectivity index (χ3n) is 8.67. The van der Waals surface area contributed by atoms with Crippen LogP contribution in [-0.4, -0.2) is 85.6 Å². The number of halogens is 4. The minimum atomic E-state index is -4.66. The summed E-state index contributed by atoms with van der Waals surface area (Å²) in [6, 6.07) is 8.93. The van der Waals surface area contributed by atoms with Gasteiger partial charge in [-0.25, -0.2) is 9.78 Å². The summed E-state index contributed by atoms with van der Waals surface area (Å²) in [5.74, 6) is -2.02. The Kier molecular flexibility index (Phi) is 10.1. The number of piperidine rings is 1. The van der Waals surface area contributed by atoms with E-state index in [1.54, 1.807) is 25.3 Å². The molecule has 16 heteroatoms. The van der Waals surface area contributed by atoms with E-state index >= 15 is 0 Å². The fourth-order valence-electron chi connectivity index (χ4n) is 5.95. The van der Waals surface area contributed by atoms with Gasteiger partial charge in [-0.2, -0.15) is 13.2 Å². The Morgan fingerprint density at radius 2 is 1.67 bits per heavy atom. The minimum Gasteiger partial charge on any atom is -0.465 e. The van der Waals surface area contributed by atoms with Crippen molar-refractivity contribution in [2.45, 2.75) is 50.1 Å². The van der Waals surface area contributed by atoms with E-state index in [1.165, 1.54) is 57.4 Å². The van der Waals surface area contributed by atoms with Crippen molar-refractivity contribution >= 4 is 51.5 Å². The molecule has 1 saturated heterocycles. The molecule has 0 spiro atoms. The molecule has 2 aliphatic heterocycles. The normalized spacial score (nSPS) is 16.8. The molecule has 3 heterocycles. The van der Waals surface area contributed by atoms with Crippen LogP contribution in [0.4, 0.5) is 18.0 Å². The van der Waals surface area contributed by atoms with Crippen molar-refractivity contribution in [1.29, 1.82) is 0 Å². The molecule has 0 aliphatic carbocycles. The molecule has 0 unspecified atom stereocenters. The Balaban J connectivity index is 1.36. The zero-order valence-corrected chi connectivity index (χ0v) is 28.5. The maximum Gasteiger partial charge on any atom is 0.417 e. The predicted octanol–water partition coefficient (Wildman–Crippen LogP) is 5.31. The fourth-order valence-corrected chi connectivity index (χ4v) is 7.00. The number of carbonyl (C=O) groups is 4. The van der Waals surface area contributed by atoms with Crippen LogP contribution in [0.3, 0.4) is 0 Å². The molecule has 1 N–H and O–H groups in total. The minimum absolute atomic E-state index is 0.0699. The van der Waals surface area contributed by atoms with E-state index in [-0.39, 0.29) is 47.2 Å². The molecule has 1 aromatic heterocycles. The van der Waals surface area contributed by atoms with Crippen LogP contribution in [0, 0.1) is 5.92 Å². The fraction of sp³-hybridized carbons (Fsp3) is 0.375. The van der Waals surface area contributed by atoms with Crippen LogP contribution in [-0.2, 0) is 23.9 Å². The first-order valence-electron chi connectivity index (χ1n) is 14.9. The van der Waals surface area contributed by atoms with Gasteiger partial charge in [-0.05, 0) is 74.9 Å². The molecule has 5 rings (SSSR count). The third-order valence-corrected chi connectivity index (χ3v) is 10.00. The number of aromatic nitrogens is 2. The molecule has 2 aliphatic rings. The van der Waals surface area contributed by atoms with E-state index < -0.39 is 47.5 Å². The lowest BCUT2D eigenvalue weighted by molar-refractivity contribution is -0.138. The summed E-state index contributed by atoms with van der Waals surface area (Å²) in [7, 11) is 1.38. The summed E-state index contributed by atoms with van der Waals surface area (Å²) >= 11 is 4.08. The first kappa shape index (κ1) is 35.1. The molecule has 3 aromatic rings. The van der Waals surface area contributed by atoms with Crippen molar-refractivity contribution < 1.29 is 37.5 Å². The molecular weight excluding hydrogens is 719 g/mol. The second kappa shape index (κ2) is 13.7. The van der Waals surface area contributed by atoms with E-state index in [9.17, 15) is 37.1 Å². The van der Waals surface area contributed by atoms with Crippen LogP contribution in [0.2, 0.25) is 0 Å². The van der Waals surface area contributed by atoms with Gasteiger partial charge < -0.3 is 14.9 Å². The van der Waals surface area contributed by atoms with Gasteiger partial charge >= 0.3 is 12.3 Å². The van der Waals surface area contributed by atoms with Crippen molar-refractivity contribution in [1.82, 2.24) is 24.3 Å². The van der Waals surface area contributed by atoms with Gasteiger partial charge in [0, 0.05) is 53.3 Å². The number of imide groups is 1. The standard InChI is InChI=1S/C32H31BrF3N5O6S/c1-17-14-22-25(16-40(17)28(44)20-6-9-24(33)23(15-20)32(34,35)36)37-30(48-3)41(29(22)45)21-7-4-18(5-8-21)26(42)38(2)27(43)19-10-12-39(13-11-19)31(46)47/h4-9,15,17,19H,10-14,16H2,1-3H3,(H,46,47)/t17-/m1/s1. The smallest absolute Gasteiger partial charge is 0.417 e. The first-order valence-corrected chi connectivity index (χ1v) is 16.9. The number of fused-ring (bicyclic) bond motifs is 1. The molecular formula is C32H31BrF3N5O6S. The maximum atomic E-state index is 13.9. The zero-order chi connectivity index (χ0) is 35.1. The first-order chi connectivity index (χ1) is 22.6. The van der Waals surface area contributed by atoms with Crippen LogP contribution in [0.5, 0.6) is 0 Å². The van der Waals surface area contributed by atoms with Gasteiger partial charge in [0.1, 0.15) is 0 Å². The van der Waals surface area contributed by atoms with Gasteiger partial charge in [0.05, 0.1) is 23.5 Å². The molecule has 1 fully saturated rings. The van der Waals surface area contributed by atoms with E-state index in [0.29, 0.717) is 34.9 Å². The average molecular weight is 751 g/mol. The molecule has 2 aromatic carbocycles. The lowest BCUT2D eigenvalue weighted by Gasteiger charge is -2.34. The van der Waals surface area contributed by atoms with Gasteiger partial charge in [0.15, 0.2) is 5.16 Å². The number of likely N-dealkylation sites (tertiary alicyclic amines) is 1. The summed E-state index contributed by atoms with van der Waals surface area (Å²) < 4.78 is 41.7. The topological polar surface area (TPSA) is 133 Å². The summed E-state index contributed by atoms with van der Waals surface area (Å²) in [5, 5.41) is 9.45. The molecule has 11 nitrogen and oxygen atoms in total. The lowest BCUT2D eigenvalue weighted by Crippen LogP contribution is -2.46. The number of hydrogen-bond acceptors (Lipinski definition) is 7. The Morgan fingerprint density at radius 1 is 1.04 bits per heavy atom. The SMILES string of the molecule is CSc1nc2c(c(=O)n1-c1ccc(C(=O)N(C)C(=O)C3CCN(C(=O)O)CC3)cc1)C[C@@H](C)N(C(=O)c1ccc(Br)c(C(F)(F)F)c1)C2. The summed E-state index contributed by atoms with van der Waals surface area (Å²) in [4.78, 5) is 72.9. The monoisotopic (exact) mass is 749 g/mol.